The lowest BCUT2D eigenvalue weighted by Crippen LogP contribution is -2.50. The SMILES string of the molecule is C/C(=C\c1cc(F)cc(N2CCOCC2)c1)[C@H]1OC(=O)C[C@H](O)CC[C@H](C)[C@H](OC(=O)N2CCN(CCO)CC2)/C=C/[C@@H]1C. The third kappa shape index (κ3) is 9.76. The summed E-state index contributed by atoms with van der Waals surface area (Å²) in [5.41, 5.74) is 2.15. The number of halogens is 1. The number of carbonyl (C=O) groups is 2. The van der Waals surface area contributed by atoms with Gasteiger partial charge >= 0.3 is 12.1 Å². The number of benzene rings is 1. The second kappa shape index (κ2) is 16.4. The van der Waals surface area contributed by atoms with Gasteiger partial charge in [-0.2, -0.15) is 0 Å². The van der Waals surface area contributed by atoms with Crippen LogP contribution in [0, 0.1) is 17.7 Å². The molecule has 1 aromatic carbocycles. The van der Waals surface area contributed by atoms with E-state index >= 15 is 0 Å². The molecule has 1 aromatic rings. The molecule has 0 radical (unpaired) electrons. The monoisotopic (exact) mass is 617 g/mol. The molecular formula is C33H48FN3O7. The molecule has 4 rings (SSSR count). The van der Waals surface area contributed by atoms with Crippen molar-refractivity contribution in [2.75, 3.05) is 70.5 Å². The molecular weight excluding hydrogens is 569 g/mol. The van der Waals surface area contributed by atoms with Crippen LogP contribution in [0.5, 0.6) is 0 Å². The van der Waals surface area contributed by atoms with E-state index in [0.29, 0.717) is 77.4 Å². The molecule has 3 aliphatic rings. The molecule has 0 aliphatic carbocycles. The van der Waals surface area contributed by atoms with Crippen LogP contribution in [0.4, 0.5) is 14.9 Å². The van der Waals surface area contributed by atoms with Crippen molar-refractivity contribution in [3.05, 3.63) is 47.3 Å². The van der Waals surface area contributed by atoms with Gasteiger partial charge in [0.2, 0.25) is 0 Å². The van der Waals surface area contributed by atoms with Crippen LogP contribution in [0.2, 0.25) is 0 Å². The second-order valence-electron chi connectivity index (χ2n) is 12.2. The largest absolute Gasteiger partial charge is 0.457 e. The van der Waals surface area contributed by atoms with Gasteiger partial charge in [-0.05, 0) is 61.1 Å². The quantitative estimate of drug-likeness (QED) is 0.366. The van der Waals surface area contributed by atoms with Crippen LogP contribution in [0.25, 0.3) is 6.08 Å². The smallest absolute Gasteiger partial charge is 0.410 e. The number of amides is 1. The lowest BCUT2D eigenvalue weighted by molar-refractivity contribution is -0.151. The van der Waals surface area contributed by atoms with Crippen molar-refractivity contribution in [2.24, 2.45) is 11.8 Å². The molecule has 0 aromatic heterocycles. The van der Waals surface area contributed by atoms with E-state index in [4.69, 9.17) is 14.2 Å². The van der Waals surface area contributed by atoms with E-state index in [-0.39, 0.29) is 30.7 Å². The highest BCUT2D eigenvalue weighted by Gasteiger charge is 2.29. The molecule has 244 valence electrons. The molecule has 5 atom stereocenters. The van der Waals surface area contributed by atoms with Gasteiger partial charge in [0.15, 0.2) is 0 Å². The molecule has 0 spiro atoms. The van der Waals surface area contributed by atoms with E-state index in [2.05, 4.69) is 9.80 Å². The van der Waals surface area contributed by atoms with Crippen LogP contribution in [0.15, 0.2) is 35.9 Å². The molecule has 10 nitrogen and oxygen atoms in total. The number of β-amino-alcohol motifs (C(OH)–C–C–N with tert-alkyl or cyclic N) is 1. The zero-order valence-electron chi connectivity index (χ0n) is 26.2. The summed E-state index contributed by atoms with van der Waals surface area (Å²) in [6, 6.07) is 4.88. The summed E-state index contributed by atoms with van der Waals surface area (Å²) in [5.74, 6) is -1.24. The maximum atomic E-state index is 14.7. The first-order chi connectivity index (χ1) is 21.1. The van der Waals surface area contributed by atoms with Crippen LogP contribution in [-0.2, 0) is 19.0 Å². The Bertz CT molecular complexity index is 1160. The average molecular weight is 618 g/mol. The number of ether oxygens (including phenoxy) is 3. The Morgan fingerprint density at radius 1 is 1.07 bits per heavy atom. The summed E-state index contributed by atoms with van der Waals surface area (Å²) >= 11 is 0. The number of hydrogen-bond donors (Lipinski definition) is 2. The van der Waals surface area contributed by atoms with Crippen molar-refractivity contribution in [1.29, 1.82) is 0 Å². The summed E-state index contributed by atoms with van der Waals surface area (Å²) in [7, 11) is 0. The van der Waals surface area contributed by atoms with Gasteiger partial charge < -0.3 is 34.2 Å². The minimum absolute atomic E-state index is 0.0849. The number of anilines is 1. The highest BCUT2D eigenvalue weighted by Crippen LogP contribution is 2.27. The molecule has 0 saturated carbocycles. The van der Waals surface area contributed by atoms with Crippen LogP contribution < -0.4 is 4.90 Å². The predicted molar refractivity (Wildman–Crippen MR) is 166 cm³/mol. The number of cyclic esters (lactones) is 1. The standard InChI is InChI=1S/C33H48FN3O7/c1-23-4-6-29(39)22-31(40)44-32(25(3)18-26-19-27(34)21-28(20-26)36-13-16-42-17-14-36)24(2)5-7-30(23)43-33(41)37-10-8-35(9-11-37)12-15-38/h5,7,18-21,23-24,29-30,32,38-39H,4,6,8-17,22H2,1-3H3/b7-5+,25-18+/t23-,24-,29+,30+,32-/m0/s1. The Morgan fingerprint density at radius 3 is 2.50 bits per heavy atom. The van der Waals surface area contributed by atoms with E-state index in [1.807, 2.05) is 45.1 Å². The Morgan fingerprint density at radius 2 is 1.80 bits per heavy atom. The fourth-order valence-corrected chi connectivity index (χ4v) is 5.96. The number of nitrogens with zero attached hydrogens (tertiary/aromatic N) is 3. The number of aliphatic hydroxyl groups is 2. The Hall–Kier alpha value is -2.99. The number of piperazine rings is 1. The van der Waals surface area contributed by atoms with Crippen molar-refractivity contribution >= 4 is 23.8 Å². The van der Waals surface area contributed by atoms with Gasteiger partial charge in [0, 0.05) is 57.4 Å². The van der Waals surface area contributed by atoms with Crippen molar-refractivity contribution < 1.29 is 38.4 Å². The summed E-state index contributed by atoms with van der Waals surface area (Å²) in [6.45, 7) is 11.3. The number of esters is 1. The number of morpholine rings is 1. The van der Waals surface area contributed by atoms with Gasteiger partial charge in [-0.25, -0.2) is 9.18 Å². The summed E-state index contributed by atoms with van der Waals surface area (Å²) < 4.78 is 32.0. The Kier molecular flexibility index (Phi) is 12.6. The number of hydrogen-bond acceptors (Lipinski definition) is 9. The maximum absolute atomic E-state index is 14.7. The molecule has 44 heavy (non-hydrogen) atoms. The fourth-order valence-electron chi connectivity index (χ4n) is 5.96. The van der Waals surface area contributed by atoms with Crippen molar-refractivity contribution in [3.8, 4) is 0 Å². The maximum Gasteiger partial charge on any atom is 0.410 e. The molecule has 3 heterocycles. The highest BCUT2D eigenvalue weighted by molar-refractivity contribution is 5.71. The molecule has 2 saturated heterocycles. The lowest BCUT2D eigenvalue weighted by Gasteiger charge is -2.35. The number of rotatable bonds is 6. The summed E-state index contributed by atoms with van der Waals surface area (Å²) in [4.78, 5) is 31.9. The van der Waals surface area contributed by atoms with Gasteiger partial charge in [-0.3, -0.25) is 9.69 Å². The summed E-state index contributed by atoms with van der Waals surface area (Å²) in [6.07, 6.45) is 3.88. The van der Waals surface area contributed by atoms with Crippen LogP contribution >= 0.6 is 0 Å². The van der Waals surface area contributed by atoms with Gasteiger partial charge in [-0.15, -0.1) is 0 Å². The molecule has 2 fully saturated rings. The number of carbonyl (C=O) groups excluding carboxylic acids is 2. The second-order valence-corrected chi connectivity index (χ2v) is 12.2. The van der Waals surface area contributed by atoms with E-state index in [9.17, 15) is 24.2 Å². The normalized spacial score (nSPS) is 28.9. The Labute approximate surface area is 260 Å². The molecule has 0 bridgehead atoms. The highest BCUT2D eigenvalue weighted by atomic mass is 19.1. The fraction of sp³-hybridized carbons (Fsp3) is 0.636. The van der Waals surface area contributed by atoms with Gasteiger partial charge in [0.05, 0.1) is 32.3 Å². The zero-order valence-corrected chi connectivity index (χ0v) is 26.2. The number of aliphatic hydroxyl groups excluding tert-OH is 2. The topological polar surface area (TPSA) is 112 Å². The average Bonchev–Trinajstić information content (AvgIpc) is 3.00. The van der Waals surface area contributed by atoms with Crippen molar-refractivity contribution in [3.63, 3.8) is 0 Å². The first kappa shape index (κ1) is 33.9. The first-order valence-corrected chi connectivity index (χ1v) is 15.8. The molecule has 2 N–H and O–H groups in total. The van der Waals surface area contributed by atoms with E-state index in [0.717, 1.165) is 11.3 Å². The van der Waals surface area contributed by atoms with Gasteiger partial charge in [0.1, 0.15) is 18.0 Å². The molecule has 1 amide bonds. The molecule has 11 heteroatoms. The van der Waals surface area contributed by atoms with Crippen molar-refractivity contribution in [1.82, 2.24) is 9.80 Å². The molecule has 3 aliphatic heterocycles. The Balaban J connectivity index is 1.53. The van der Waals surface area contributed by atoms with Gasteiger partial charge in [0.25, 0.3) is 0 Å². The predicted octanol–water partition coefficient (Wildman–Crippen LogP) is 3.47. The lowest BCUT2D eigenvalue weighted by atomic mass is 9.91. The van der Waals surface area contributed by atoms with Crippen molar-refractivity contribution in [2.45, 2.75) is 58.3 Å². The third-order valence-corrected chi connectivity index (χ3v) is 8.67. The first-order valence-electron chi connectivity index (χ1n) is 15.8. The molecule has 0 unspecified atom stereocenters. The third-order valence-electron chi connectivity index (χ3n) is 8.67. The van der Waals surface area contributed by atoms with E-state index < -0.39 is 30.4 Å². The van der Waals surface area contributed by atoms with Crippen LogP contribution in [0.3, 0.4) is 0 Å². The van der Waals surface area contributed by atoms with Gasteiger partial charge in [-0.1, -0.05) is 26.0 Å². The minimum atomic E-state index is -0.885. The summed E-state index contributed by atoms with van der Waals surface area (Å²) in [5, 5.41) is 19.8. The zero-order chi connectivity index (χ0) is 31.6. The van der Waals surface area contributed by atoms with Crippen LogP contribution in [0.1, 0.15) is 45.6 Å². The van der Waals surface area contributed by atoms with E-state index in [1.165, 1.54) is 12.1 Å². The van der Waals surface area contributed by atoms with E-state index in [1.54, 1.807) is 4.90 Å². The van der Waals surface area contributed by atoms with Crippen LogP contribution in [-0.4, -0.2) is 116 Å². The minimum Gasteiger partial charge on any atom is -0.457 e.